The van der Waals surface area contributed by atoms with Crippen molar-refractivity contribution in [2.75, 3.05) is 16.3 Å². The lowest BCUT2D eigenvalue weighted by Gasteiger charge is -2.21. The standard InChI is InChI=1S/C18H18ClN3O3/c1-3-14-15(19)7-8-20-16(14)21-10-11(2)22(18(21)25)13-6-4-5-12(9-13)17(23)24/h4-9,11H,3,10H2,1-2H3,(H,23,24)/t11-/m1/s1. The van der Waals surface area contributed by atoms with Gasteiger partial charge >= 0.3 is 12.0 Å². The molecule has 1 aromatic carbocycles. The highest BCUT2D eigenvalue weighted by molar-refractivity contribution is 6.31. The van der Waals surface area contributed by atoms with Gasteiger partial charge in [-0.1, -0.05) is 24.6 Å². The number of halogens is 1. The Balaban J connectivity index is 1.99. The maximum absolute atomic E-state index is 13.0. The quantitative estimate of drug-likeness (QED) is 0.900. The molecule has 1 atom stereocenters. The summed E-state index contributed by atoms with van der Waals surface area (Å²) in [5.41, 5.74) is 1.52. The van der Waals surface area contributed by atoms with Gasteiger partial charge in [0.1, 0.15) is 5.82 Å². The van der Waals surface area contributed by atoms with Gasteiger partial charge in [-0.2, -0.15) is 0 Å². The largest absolute Gasteiger partial charge is 0.478 e. The number of hydrogen-bond acceptors (Lipinski definition) is 3. The molecular formula is C18H18ClN3O3. The third-order valence-electron chi connectivity index (χ3n) is 4.28. The first-order chi connectivity index (χ1) is 11.9. The van der Waals surface area contributed by atoms with Crippen LogP contribution in [0.25, 0.3) is 0 Å². The molecule has 2 amide bonds. The number of carbonyl (C=O) groups excluding carboxylic acids is 1. The molecule has 25 heavy (non-hydrogen) atoms. The summed E-state index contributed by atoms with van der Waals surface area (Å²) in [6, 6.07) is 7.73. The molecule has 6 nitrogen and oxygen atoms in total. The van der Waals surface area contributed by atoms with Crippen molar-refractivity contribution >= 4 is 35.1 Å². The van der Waals surface area contributed by atoms with E-state index in [-0.39, 0.29) is 17.6 Å². The number of carbonyl (C=O) groups is 2. The number of nitrogens with zero attached hydrogens (tertiary/aromatic N) is 3. The fourth-order valence-corrected chi connectivity index (χ4v) is 3.37. The van der Waals surface area contributed by atoms with Gasteiger partial charge in [-0.15, -0.1) is 0 Å². The summed E-state index contributed by atoms with van der Waals surface area (Å²) in [5.74, 6) is -0.466. The first-order valence-corrected chi connectivity index (χ1v) is 8.39. The lowest BCUT2D eigenvalue weighted by molar-refractivity contribution is 0.0697. The number of aromatic carboxylic acids is 1. The Bertz CT molecular complexity index is 840. The van der Waals surface area contributed by atoms with Crippen LogP contribution in [0.1, 0.15) is 29.8 Å². The minimum atomic E-state index is -1.03. The highest BCUT2D eigenvalue weighted by Crippen LogP contribution is 2.32. The number of anilines is 2. The van der Waals surface area contributed by atoms with Crippen LogP contribution in [0.5, 0.6) is 0 Å². The van der Waals surface area contributed by atoms with Gasteiger partial charge in [0, 0.05) is 29.0 Å². The second-order valence-electron chi connectivity index (χ2n) is 5.92. The molecule has 1 aliphatic rings. The topological polar surface area (TPSA) is 73.7 Å². The van der Waals surface area contributed by atoms with Crippen LogP contribution in [0.4, 0.5) is 16.3 Å². The second kappa shape index (κ2) is 6.72. The molecule has 2 heterocycles. The Labute approximate surface area is 150 Å². The lowest BCUT2D eigenvalue weighted by atomic mass is 10.1. The average Bonchev–Trinajstić information content (AvgIpc) is 2.89. The minimum absolute atomic E-state index is 0.123. The van der Waals surface area contributed by atoms with Gasteiger partial charge in [-0.25, -0.2) is 14.6 Å². The molecule has 3 rings (SSSR count). The van der Waals surface area contributed by atoms with Gasteiger partial charge < -0.3 is 5.11 Å². The predicted octanol–water partition coefficient (Wildman–Crippen LogP) is 3.83. The first-order valence-electron chi connectivity index (χ1n) is 8.01. The molecule has 130 valence electrons. The molecule has 1 aliphatic heterocycles. The SMILES string of the molecule is CCc1c(Cl)ccnc1N1C[C@@H](C)N(c2cccc(C(=O)O)c2)C1=O. The predicted molar refractivity (Wildman–Crippen MR) is 96.7 cm³/mol. The monoisotopic (exact) mass is 359 g/mol. The number of hydrogen-bond donors (Lipinski definition) is 1. The van der Waals surface area contributed by atoms with Crippen molar-refractivity contribution in [1.29, 1.82) is 0 Å². The molecule has 1 saturated heterocycles. The van der Waals surface area contributed by atoms with Crippen molar-refractivity contribution in [3.05, 3.63) is 52.7 Å². The Kier molecular flexibility index (Phi) is 4.63. The van der Waals surface area contributed by atoms with Crippen molar-refractivity contribution in [1.82, 2.24) is 4.98 Å². The zero-order valence-corrected chi connectivity index (χ0v) is 14.7. The normalized spacial score (nSPS) is 17.2. The smallest absolute Gasteiger partial charge is 0.335 e. The van der Waals surface area contributed by atoms with E-state index in [1.54, 1.807) is 34.2 Å². The number of carboxylic acid groups (broad SMARTS) is 1. The highest BCUT2D eigenvalue weighted by Gasteiger charge is 2.38. The maximum atomic E-state index is 13.0. The van der Waals surface area contributed by atoms with Crippen molar-refractivity contribution in [3.63, 3.8) is 0 Å². The molecule has 0 bridgehead atoms. The van der Waals surface area contributed by atoms with Crippen LogP contribution < -0.4 is 9.80 Å². The Hall–Kier alpha value is -2.60. The van der Waals surface area contributed by atoms with Crippen LogP contribution in [0.15, 0.2) is 36.5 Å². The number of carboxylic acids is 1. The van der Waals surface area contributed by atoms with Crippen LogP contribution in [-0.4, -0.2) is 34.7 Å². The Morgan fingerprint density at radius 3 is 2.84 bits per heavy atom. The van der Waals surface area contributed by atoms with Crippen LogP contribution >= 0.6 is 11.6 Å². The van der Waals surface area contributed by atoms with E-state index in [0.29, 0.717) is 29.5 Å². The summed E-state index contributed by atoms with van der Waals surface area (Å²) >= 11 is 6.24. The molecule has 0 aliphatic carbocycles. The fourth-order valence-electron chi connectivity index (χ4n) is 3.09. The molecule has 2 aromatic rings. The summed E-state index contributed by atoms with van der Waals surface area (Å²) in [4.78, 5) is 31.7. The van der Waals surface area contributed by atoms with E-state index in [2.05, 4.69) is 4.98 Å². The van der Waals surface area contributed by atoms with E-state index in [1.165, 1.54) is 12.1 Å². The third-order valence-corrected chi connectivity index (χ3v) is 4.64. The summed E-state index contributed by atoms with van der Waals surface area (Å²) in [6.45, 7) is 4.34. The average molecular weight is 360 g/mol. The van der Waals surface area contributed by atoms with Gasteiger partial charge in [-0.05, 0) is 37.6 Å². The number of urea groups is 1. The number of rotatable bonds is 4. The summed E-state index contributed by atoms with van der Waals surface area (Å²) < 4.78 is 0. The number of amides is 2. The number of aromatic nitrogens is 1. The summed E-state index contributed by atoms with van der Waals surface area (Å²) in [5, 5.41) is 9.76. The zero-order valence-electron chi connectivity index (χ0n) is 13.9. The third kappa shape index (κ3) is 3.05. The van der Waals surface area contributed by atoms with Gasteiger partial charge in [0.2, 0.25) is 0 Å². The second-order valence-corrected chi connectivity index (χ2v) is 6.32. The molecular weight excluding hydrogens is 342 g/mol. The minimum Gasteiger partial charge on any atom is -0.478 e. The molecule has 1 fully saturated rings. The molecule has 0 saturated carbocycles. The van der Waals surface area contributed by atoms with E-state index < -0.39 is 5.97 Å². The van der Waals surface area contributed by atoms with E-state index in [1.807, 2.05) is 13.8 Å². The maximum Gasteiger partial charge on any atom is 0.335 e. The van der Waals surface area contributed by atoms with Crippen molar-refractivity contribution < 1.29 is 14.7 Å². The Morgan fingerprint density at radius 2 is 2.16 bits per heavy atom. The van der Waals surface area contributed by atoms with E-state index in [0.717, 1.165) is 5.56 Å². The molecule has 0 spiro atoms. The number of benzene rings is 1. The Morgan fingerprint density at radius 1 is 1.40 bits per heavy atom. The summed E-state index contributed by atoms with van der Waals surface area (Å²) in [7, 11) is 0. The summed E-state index contributed by atoms with van der Waals surface area (Å²) in [6.07, 6.45) is 2.25. The first kappa shape index (κ1) is 17.2. The van der Waals surface area contributed by atoms with Gasteiger partial charge in [0.25, 0.3) is 0 Å². The molecule has 1 N–H and O–H groups in total. The number of pyridine rings is 1. The van der Waals surface area contributed by atoms with Crippen molar-refractivity contribution in [2.45, 2.75) is 26.3 Å². The van der Waals surface area contributed by atoms with Crippen LogP contribution in [0.3, 0.4) is 0 Å². The van der Waals surface area contributed by atoms with Crippen LogP contribution in [0.2, 0.25) is 5.02 Å². The molecule has 1 aromatic heterocycles. The van der Waals surface area contributed by atoms with Crippen molar-refractivity contribution in [3.8, 4) is 0 Å². The molecule has 7 heteroatoms. The van der Waals surface area contributed by atoms with E-state index in [4.69, 9.17) is 11.6 Å². The van der Waals surface area contributed by atoms with Gasteiger partial charge in [-0.3, -0.25) is 9.80 Å². The van der Waals surface area contributed by atoms with Crippen LogP contribution in [-0.2, 0) is 6.42 Å². The molecule has 0 unspecified atom stereocenters. The van der Waals surface area contributed by atoms with Gasteiger partial charge in [0.05, 0.1) is 11.6 Å². The molecule has 0 radical (unpaired) electrons. The van der Waals surface area contributed by atoms with E-state index in [9.17, 15) is 14.7 Å². The van der Waals surface area contributed by atoms with Gasteiger partial charge in [0.15, 0.2) is 0 Å². The van der Waals surface area contributed by atoms with Crippen LogP contribution in [0, 0.1) is 0 Å². The van der Waals surface area contributed by atoms with Crippen molar-refractivity contribution in [2.24, 2.45) is 0 Å². The zero-order chi connectivity index (χ0) is 18.1. The lowest BCUT2D eigenvalue weighted by Crippen LogP contribution is -2.34. The van der Waals surface area contributed by atoms with E-state index >= 15 is 0 Å². The highest BCUT2D eigenvalue weighted by atomic mass is 35.5. The fraction of sp³-hybridized carbons (Fsp3) is 0.278.